The van der Waals surface area contributed by atoms with Crippen LogP contribution in [0.3, 0.4) is 0 Å². The highest BCUT2D eigenvalue weighted by Crippen LogP contribution is 2.11. The molecule has 0 atom stereocenters. The summed E-state index contributed by atoms with van der Waals surface area (Å²) in [5, 5.41) is 0. The number of hydrogen-bond donors (Lipinski definition) is 1. The normalized spacial score (nSPS) is 13.3. The van der Waals surface area contributed by atoms with Gasteiger partial charge in [0, 0.05) is 25.0 Å². The first kappa shape index (κ1) is 12.8. The highest BCUT2D eigenvalue weighted by Gasteiger charge is 1.99. The summed E-state index contributed by atoms with van der Waals surface area (Å²) in [6.45, 7) is 12.1. The standard InChI is InChI=1S/C12H22N2/c1-9(2)14(6)8-11(4)10(3)7-12(5)13/h7-9H,5,13H2,1-4,6H3/b10-7-,11-8-. The molecule has 0 heterocycles. The topological polar surface area (TPSA) is 29.3 Å². The molecule has 0 aromatic carbocycles. The second-order valence-electron chi connectivity index (χ2n) is 3.97. The Hall–Kier alpha value is -1.18. The zero-order chi connectivity index (χ0) is 11.3. The van der Waals surface area contributed by atoms with E-state index in [4.69, 9.17) is 5.73 Å². The Morgan fingerprint density at radius 2 is 1.79 bits per heavy atom. The van der Waals surface area contributed by atoms with Crippen LogP contribution in [0.2, 0.25) is 0 Å². The Morgan fingerprint density at radius 1 is 1.29 bits per heavy atom. The molecule has 0 aliphatic rings. The number of hydrogen-bond acceptors (Lipinski definition) is 2. The quantitative estimate of drug-likeness (QED) is 0.697. The zero-order valence-corrected chi connectivity index (χ0v) is 9.96. The molecule has 2 N–H and O–H groups in total. The molecule has 0 bridgehead atoms. The van der Waals surface area contributed by atoms with E-state index < -0.39 is 0 Å². The Morgan fingerprint density at radius 3 is 2.14 bits per heavy atom. The van der Waals surface area contributed by atoms with Crippen molar-refractivity contribution in [2.24, 2.45) is 5.73 Å². The third-order valence-electron chi connectivity index (χ3n) is 2.24. The fourth-order valence-electron chi connectivity index (χ4n) is 0.948. The van der Waals surface area contributed by atoms with E-state index in [1.54, 1.807) is 0 Å². The van der Waals surface area contributed by atoms with E-state index in [0.717, 1.165) is 5.57 Å². The van der Waals surface area contributed by atoms with Crippen molar-refractivity contribution in [2.45, 2.75) is 33.7 Å². The van der Waals surface area contributed by atoms with Gasteiger partial charge in [-0.1, -0.05) is 6.58 Å². The van der Waals surface area contributed by atoms with Gasteiger partial charge in [-0.25, -0.2) is 0 Å². The van der Waals surface area contributed by atoms with Gasteiger partial charge in [0.25, 0.3) is 0 Å². The minimum Gasteiger partial charge on any atom is -0.399 e. The fourth-order valence-corrected chi connectivity index (χ4v) is 0.948. The Balaban J connectivity index is 4.60. The van der Waals surface area contributed by atoms with Gasteiger partial charge in [-0.2, -0.15) is 0 Å². The highest BCUT2D eigenvalue weighted by molar-refractivity contribution is 5.32. The van der Waals surface area contributed by atoms with Gasteiger partial charge >= 0.3 is 0 Å². The van der Waals surface area contributed by atoms with Crippen molar-refractivity contribution in [1.82, 2.24) is 4.90 Å². The molecule has 0 fully saturated rings. The van der Waals surface area contributed by atoms with Crippen molar-refractivity contribution < 1.29 is 0 Å². The average Bonchev–Trinajstić information content (AvgIpc) is 2.02. The van der Waals surface area contributed by atoms with Crippen LogP contribution < -0.4 is 5.73 Å². The summed E-state index contributed by atoms with van der Waals surface area (Å²) in [7, 11) is 2.07. The monoisotopic (exact) mass is 194 g/mol. The summed E-state index contributed by atoms with van der Waals surface area (Å²) >= 11 is 0. The molecule has 2 heteroatoms. The molecule has 0 rings (SSSR count). The van der Waals surface area contributed by atoms with Crippen LogP contribution in [-0.4, -0.2) is 18.0 Å². The molecule has 0 spiro atoms. The number of allylic oxidation sites excluding steroid dienone is 3. The maximum Gasteiger partial charge on any atom is 0.0243 e. The molecule has 0 unspecified atom stereocenters. The maximum absolute atomic E-state index is 5.51. The van der Waals surface area contributed by atoms with Crippen LogP contribution in [0.25, 0.3) is 0 Å². The average molecular weight is 194 g/mol. The lowest BCUT2D eigenvalue weighted by molar-refractivity contribution is 0.373. The van der Waals surface area contributed by atoms with Crippen LogP contribution in [0, 0.1) is 0 Å². The molecular formula is C12H22N2. The van der Waals surface area contributed by atoms with Crippen molar-refractivity contribution >= 4 is 0 Å². The summed E-state index contributed by atoms with van der Waals surface area (Å²) in [5.41, 5.74) is 8.48. The van der Waals surface area contributed by atoms with Gasteiger partial charge in [0.1, 0.15) is 0 Å². The van der Waals surface area contributed by atoms with Crippen LogP contribution in [-0.2, 0) is 0 Å². The molecule has 14 heavy (non-hydrogen) atoms. The van der Waals surface area contributed by atoms with Gasteiger partial charge in [-0.05, 0) is 44.9 Å². The van der Waals surface area contributed by atoms with E-state index >= 15 is 0 Å². The molecule has 0 aromatic rings. The molecule has 0 aromatic heterocycles. The maximum atomic E-state index is 5.51. The van der Waals surface area contributed by atoms with E-state index in [1.807, 2.05) is 13.0 Å². The van der Waals surface area contributed by atoms with Crippen LogP contribution in [0.1, 0.15) is 27.7 Å². The van der Waals surface area contributed by atoms with Gasteiger partial charge in [-0.15, -0.1) is 0 Å². The number of rotatable bonds is 4. The Kier molecular flexibility index (Phi) is 5.06. The highest BCUT2D eigenvalue weighted by atomic mass is 15.1. The third kappa shape index (κ3) is 4.75. The smallest absolute Gasteiger partial charge is 0.0243 e. The minimum absolute atomic E-state index is 0.513. The summed E-state index contributed by atoms with van der Waals surface area (Å²) < 4.78 is 0. The van der Waals surface area contributed by atoms with E-state index in [9.17, 15) is 0 Å². The van der Waals surface area contributed by atoms with Crippen molar-refractivity contribution in [3.63, 3.8) is 0 Å². The summed E-state index contributed by atoms with van der Waals surface area (Å²) in [6, 6.07) is 0.513. The van der Waals surface area contributed by atoms with Gasteiger partial charge in [-0.3, -0.25) is 0 Å². The van der Waals surface area contributed by atoms with E-state index in [2.05, 4.69) is 45.5 Å². The van der Waals surface area contributed by atoms with Crippen LogP contribution >= 0.6 is 0 Å². The van der Waals surface area contributed by atoms with Crippen molar-refractivity contribution in [3.8, 4) is 0 Å². The fraction of sp³-hybridized carbons (Fsp3) is 0.500. The molecule has 0 saturated heterocycles. The molecule has 80 valence electrons. The second kappa shape index (κ2) is 5.53. The molecule has 0 amide bonds. The largest absolute Gasteiger partial charge is 0.399 e. The lowest BCUT2D eigenvalue weighted by Gasteiger charge is -2.20. The third-order valence-corrected chi connectivity index (χ3v) is 2.24. The molecule has 0 saturated carbocycles. The molecule has 0 aliphatic heterocycles. The Labute approximate surface area is 87.8 Å². The first-order chi connectivity index (χ1) is 6.34. The molecule has 2 nitrogen and oxygen atoms in total. The van der Waals surface area contributed by atoms with Gasteiger partial charge < -0.3 is 10.6 Å². The summed E-state index contributed by atoms with van der Waals surface area (Å²) in [5.74, 6) is 0. The predicted octanol–water partition coefficient (Wildman–Crippen LogP) is 2.65. The van der Waals surface area contributed by atoms with Gasteiger partial charge in [0.05, 0.1) is 0 Å². The first-order valence-electron chi connectivity index (χ1n) is 4.88. The lowest BCUT2D eigenvalue weighted by Crippen LogP contribution is -2.20. The van der Waals surface area contributed by atoms with Crippen molar-refractivity contribution in [2.75, 3.05) is 7.05 Å². The van der Waals surface area contributed by atoms with Crippen LogP contribution in [0.15, 0.2) is 35.7 Å². The predicted molar refractivity (Wildman–Crippen MR) is 63.7 cm³/mol. The van der Waals surface area contributed by atoms with E-state index in [-0.39, 0.29) is 0 Å². The molecular weight excluding hydrogens is 172 g/mol. The van der Waals surface area contributed by atoms with Gasteiger partial charge in [0.15, 0.2) is 0 Å². The van der Waals surface area contributed by atoms with Crippen LogP contribution in [0.4, 0.5) is 0 Å². The minimum atomic E-state index is 0.513. The first-order valence-corrected chi connectivity index (χ1v) is 4.88. The van der Waals surface area contributed by atoms with E-state index in [0.29, 0.717) is 11.7 Å². The van der Waals surface area contributed by atoms with Gasteiger partial charge in [0.2, 0.25) is 0 Å². The molecule has 0 radical (unpaired) electrons. The SMILES string of the molecule is C=C(N)/C=C(C)\C(C)=C/N(C)C(C)C. The van der Waals surface area contributed by atoms with Crippen LogP contribution in [0.5, 0.6) is 0 Å². The zero-order valence-electron chi connectivity index (χ0n) is 9.96. The lowest BCUT2D eigenvalue weighted by atomic mass is 10.1. The summed E-state index contributed by atoms with van der Waals surface area (Å²) in [4.78, 5) is 2.17. The van der Waals surface area contributed by atoms with Crippen molar-refractivity contribution in [3.05, 3.63) is 35.7 Å². The van der Waals surface area contributed by atoms with E-state index in [1.165, 1.54) is 5.57 Å². The number of nitrogens with zero attached hydrogens (tertiary/aromatic N) is 1. The summed E-state index contributed by atoms with van der Waals surface area (Å²) in [6.07, 6.45) is 4.01. The second-order valence-corrected chi connectivity index (χ2v) is 3.97. The number of nitrogens with two attached hydrogens (primary N) is 1. The molecule has 0 aliphatic carbocycles. The Bertz CT molecular complexity index is 259. The van der Waals surface area contributed by atoms with Crippen molar-refractivity contribution in [1.29, 1.82) is 0 Å².